The normalized spacial score (nSPS) is 29.7. The summed E-state index contributed by atoms with van der Waals surface area (Å²) < 4.78 is 12.2. The number of esters is 1. The lowest BCUT2D eigenvalue weighted by atomic mass is 9.80. The quantitative estimate of drug-likeness (QED) is 0.603. The molecule has 1 spiro atoms. The number of hydrogen-bond donors (Lipinski definition) is 0. The zero-order valence-electron chi connectivity index (χ0n) is 13.5. The van der Waals surface area contributed by atoms with Crippen LogP contribution in [0.1, 0.15) is 42.6 Å². The lowest BCUT2D eigenvalue weighted by Gasteiger charge is -2.41. The Labute approximate surface area is 141 Å². The Bertz CT molecular complexity index is 686. The standard InChI is InChI=1S/C21H20O3/c1-15-12-21(24-20(15)22)13-18(16-8-4-2-5-9-16)23-19(14-21)17-10-6-3-7-11-17/h2-11,18-19H,1,12-14H2/t18-,19+,21?. The van der Waals surface area contributed by atoms with E-state index in [1.807, 2.05) is 36.4 Å². The molecule has 0 radical (unpaired) electrons. The number of carbonyl (C=O) groups is 1. The Morgan fingerprint density at radius 3 is 1.79 bits per heavy atom. The monoisotopic (exact) mass is 320 g/mol. The SMILES string of the molecule is C=C1CC2(C[C@@H](c3ccccc3)O[C@@H](c3ccccc3)C2)OC1=O. The summed E-state index contributed by atoms with van der Waals surface area (Å²) in [5, 5.41) is 0. The third kappa shape index (κ3) is 2.76. The highest BCUT2D eigenvalue weighted by Crippen LogP contribution is 2.50. The molecule has 1 unspecified atom stereocenters. The van der Waals surface area contributed by atoms with Crippen LogP contribution in [0.3, 0.4) is 0 Å². The highest BCUT2D eigenvalue weighted by atomic mass is 16.6. The fraction of sp³-hybridized carbons (Fsp3) is 0.286. The van der Waals surface area contributed by atoms with Crippen LogP contribution in [0.4, 0.5) is 0 Å². The van der Waals surface area contributed by atoms with Gasteiger partial charge in [0.1, 0.15) is 5.60 Å². The number of carbonyl (C=O) groups excluding carboxylic acids is 1. The predicted octanol–water partition coefficient (Wildman–Crippen LogP) is 4.52. The van der Waals surface area contributed by atoms with Gasteiger partial charge in [-0.25, -0.2) is 4.79 Å². The molecule has 2 aromatic rings. The van der Waals surface area contributed by atoms with E-state index in [2.05, 4.69) is 30.8 Å². The second kappa shape index (κ2) is 5.91. The number of benzene rings is 2. The molecule has 0 N–H and O–H groups in total. The van der Waals surface area contributed by atoms with E-state index in [9.17, 15) is 4.79 Å². The molecular weight excluding hydrogens is 300 g/mol. The Morgan fingerprint density at radius 1 is 0.875 bits per heavy atom. The Kier molecular flexibility index (Phi) is 3.73. The highest BCUT2D eigenvalue weighted by molar-refractivity contribution is 5.90. The Morgan fingerprint density at radius 2 is 1.38 bits per heavy atom. The summed E-state index contributed by atoms with van der Waals surface area (Å²) in [7, 11) is 0. The van der Waals surface area contributed by atoms with Gasteiger partial charge in [0, 0.05) is 24.8 Å². The number of rotatable bonds is 2. The zero-order chi connectivity index (χ0) is 16.6. The molecule has 2 heterocycles. The third-order valence-corrected chi connectivity index (χ3v) is 4.92. The van der Waals surface area contributed by atoms with E-state index in [1.54, 1.807) is 0 Å². The average Bonchev–Trinajstić information content (AvgIpc) is 2.89. The summed E-state index contributed by atoms with van der Waals surface area (Å²) in [6.45, 7) is 3.86. The fourth-order valence-corrected chi connectivity index (χ4v) is 3.78. The van der Waals surface area contributed by atoms with Crippen LogP contribution in [0.25, 0.3) is 0 Å². The Hall–Kier alpha value is -2.39. The molecule has 2 aromatic carbocycles. The minimum atomic E-state index is -0.507. The second-order valence-corrected chi connectivity index (χ2v) is 6.70. The van der Waals surface area contributed by atoms with Gasteiger partial charge in [-0.2, -0.15) is 0 Å². The van der Waals surface area contributed by atoms with Crippen LogP contribution in [-0.4, -0.2) is 11.6 Å². The molecular formula is C21H20O3. The molecule has 2 saturated heterocycles. The molecule has 24 heavy (non-hydrogen) atoms. The maximum absolute atomic E-state index is 12.0. The summed E-state index contributed by atoms with van der Waals surface area (Å²) in [6.07, 6.45) is 1.74. The zero-order valence-corrected chi connectivity index (χ0v) is 13.5. The molecule has 122 valence electrons. The van der Waals surface area contributed by atoms with Crippen molar-refractivity contribution in [3.8, 4) is 0 Å². The van der Waals surface area contributed by atoms with Crippen molar-refractivity contribution in [3.63, 3.8) is 0 Å². The second-order valence-electron chi connectivity index (χ2n) is 6.70. The minimum Gasteiger partial charge on any atom is -0.455 e. The van der Waals surface area contributed by atoms with Gasteiger partial charge in [0.2, 0.25) is 0 Å². The molecule has 3 nitrogen and oxygen atoms in total. The highest BCUT2D eigenvalue weighted by Gasteiger charge is 2.50. The first-order valence-electron chi connectivity index (χ1n) is 8.32. The summed E-state index contributed by atoms with van der Waals surface area (Å²) in [4.78, 5) is 12.0. The van der Waals surface area contributed by atoms with Crippen molar-refractivity contribution in [2.75, 3.05) is 0 Å². The molecule has 2 aliphatic heterocycles. The van der Waals surface area contributed by atoms with Gasteiger partial charge in [-0.3, -0.25) is 0 Å². The van der Waals surface area contributed by atoms with E-state index in [4.69, 9.17) is 9.47 Å². The molecule has 0 aromatic heterocycles. The van der Waals surface area contributed by atoms with Crippen molar-refractivity contribution in [2.24, 2.45) is 0 Å². The van der Waals surface area contributed by atoms with Crippen LogP contribution in [-0.2, 0) is 14.3 Å². The molecule has 2 fully saturated rings. The van der Waals surface area contributed by atoms with Gasteiger partial charge in [-0.05, 0) is 11.1 Å². The third-order valence-electron chi connectivity index (χ3n) is 4.92. The van der Waals surface area contributed by atoms with E-state index in [-0.39, 0.29) is 18.2 Å². The van der Waals surface area contributed by atoms with Crippen LogP contribution in [0.2, 0.25) is 0 Å². The van der Waals surface area contributed by atoms with Gasteiger partial charge in [-0.15, -0.1) is 0 Å². The fourth-order valence-electron chi connectivity index (χ4n) is 3.78. The van der Waals surface area contributed by atoms with Crippen molar-refractivity contribution in [2.45, 2.75) is 37.1 Å². The summed E-state index contributed by atoms with van der Waals surface area (Å²) in [6, 6.07) is 20.3. The van der Waals surface area contributed by atoms with E-state index in [0.717, 1.165) is 11.1 Å². The summed E-state index contributed by atoms with van der Waals surface area (Å²) in [5.41, 5.74) is 2.29. The van der Waals surface area contributed by atoms with Crippen LogP contribution >= 0.6 is 0 Å². The molecule has 0 aliphatic carbocycles. The first kappa shape index (κ1) is 15.2. The topological polar surface area (TPSA) is 35.5 Å². The van der Waals surface area contributed by atoms with Crippen molar-refractivity contribution < 1.29 is 14.3 Å². The van der Waals surface area contributed by atoms with Crippen molar-refractivity contribution in [3.05, 3.63) is 83.9 Å². The lowest BCUT2D eigenvalue weighted by Crippen LogP contribution is -2.39. The van der Waals surface area contributed by atoms with E-state index in [0.29, 0.717) is 24.8 Å². The molecule has 3 atom stereocenters. The van der Waals surface area contributed by atoms with Crippen LogP contribution < -0.4 is 0 Å². The Balaban J connectivity index is 1.69. The lowest BCUT2D eigenvalue weighted by molar-refractivity contribution is -0.173. The van der Waals surface area contributed by atoms with Gasteiger partial charge >= 0.3 is 5.97 Å². The van der Waals surface area contributed by atoms with Gasteiger partial charge in [0.25, 0.3) is 0 Å². The smallest absolute Gasteiger partial charge is 0.334 e. The maximum Gasteiger partial charge on any atom is 0.334 e. The van der Waals surface area contributed by atoms with Gasteiger partial charge in [-0.1, -0.05) is 67.2 Å². The van der Waals surface area contributed by atoms with Crippen molar-refractivity contribution in [1.29, 1.82) is 0 Å². The van der Waals surface area contributed by atoms with E-state index >= 15 is 0 Å². The average molecular weight is 320 g/mol. The minimum absolute atomic E-state index is 0.0937. The van der Waals surface area contributed by atoms with Gasteiger partial charge < -0.3 is 9.47 Å². The van der Waals surface area contributed by atoms with Crippen molar-refractivity contribution >= 4 is 5.97 Å². The number of ether oxygens (including phenoxy) is 2. The summed E-state index contributed by atoms with van der Waals surface area (Å²) in [5.74, 6) is -0.268. The van der Waals surface area contributed by atoms with Gasteiger partial charge in [0.15, 0.2) is 0 Å². The maximum atomic E-state index is 12.0. The summed E-state index contributed by atoms with van der Waals surface area (Å²) >= 11 is 0. The first-order chi connectivity index (χ1) is 11.7. The van der Waals surface area contributed by atoms with E-state index in [1.165, 1.54) is 0 Å². The molecule has 4 rings (SSSR count). The van der Waals surface area contributed by atoms with Gasteiger partial charge in [0.05, 0.1) is 12.2 Å². The molecule has 2 aliphatic rings. The molecule has 3 heteroatoms. The van der Waals surface area contributed by atoms with Crippen LogP contribution in [0.5, 0.6) is 0 Å². The molecule has 0 amide bonds. The largest absolute Gasteiger partial charge is 0.455 e. The molecule has 0 bridgehead atoms. The van der Waals surface area contributed by atoms with Crippen LogP contribution in [0.15, 0.2) is 72.8 Å². The number of hydrogen-bond acceptors (Lipinski definition) is 3. The molecule has 0 saturated carbocycles. The predicted molar refractivity (Wildman–Crippen MR) is 91.3 cm³/mol. The van der Waals surface area contributed by atoms with E-state index < -0.39 is 5.60 Å². The van der Waals surface area contributed by atoms with Crippen molar-refractivity contribution in [1.82, 2.24) is 0 Å². The first-order valence-corrected chi connectivity index (χ1v) is 8.32. The van der Waals surface area contributed by atoms with Crippen LogP contribution in [0, 0.1) is 0 Å².